The fraction of sp³-hybridized carbons (Fsp3) is 0.0952. The van der Waals surface area contributed by atoms with Crippen molar-refractivity contribution in [2.75, 3.05) is 7.11 Å². The number of carboxylic acids is 1. The standard InChI is InChI=1S/C21H18N2O7/c1-28-19-10-13(11-22-23-20(25)14-3-5-15(24)6-4-14)2-8-17(19)29-12-16-7-9-18(30-16)21(26)27/h2-11,24H,12H2,1H3,(H,23,25)(H,26,27)/b22-11-. The quantitative estimate of drug-likeness (QED) is 0.384. The Balaban J connectivity index is 1.61. The number of aromatic hydroxyl groups is 1. The molecule has 0 saturated carbocycles. The molecule has 0 atom stereocenters. The number of aromatic carboxylic acids is 1. The SMILES string of the molecule is COc1cc(/C=N\NC(=O)c2ccc(O)cc2)ccc1OCc1ccc(C(=O)O)o1. The van der Waals surface area contributed by atoms with E-state index < -0.39 is 11.9 Å². The van der Waals surface area contributed by atoms with Crippen LogP contribution in [-0.2, 0) is 6.61 Å². The molecule has 0 aliphatic heterocycles. The summed E-state index contributed by atoms with van der Waals surface area (Å²) in [6, 6.07) is 13.7. The average Bonchev–Trinajstić information content (AvgIpc) is 3.22. The van der Waals surface area contributed by atoms with Gasteiger partial charge in [-0.15, -0.1) is 0 Å². The van der Waals surface area contributed by atoms with Gasteiger partial charge in [0, 0.05) is 5.56 Å². The van der Waals surface area contributed by atoms with Gasteiger partial charge in [0.25, 0.3) is 5.91 Å². The van der Waals surface area contributed by atoms with Crippen LogP contribution in [0.15, 0.2) is 64.1 Å². The normalized spacial score (nSPS) is 10.7. The summed E-state index contributed by atoms with van der Waals surface area (Å²) in [6.07, 6.45) is 1.44. The van der Waals surface area contributed by atoms with Gasteiger partial charge in [-0.25, -0.2) is 10.2 Å². The van der Waals surface area contributed by atoms with Crippen LogP contribution in [0.5, 0.6) is 17.2 Å². The second-order valence-electron chi connectivity index (χ2n) is 6.02. The molecule has 0 saturated heterocycles. The smallest absolute Gasteiger partial charge is 0.371 e. The van der Waals surface area contributed by atoms with E-state index in [0.29, 0.717) is 28.4 Å². The van der Waals surface area contributed by atoms with Crippen LogP contribution in [-0.4, -0.2) is 35.4 Å². The lowest BCUT2D eigenvalue weighted by Gasteiger charge is -2.10. The summed E-state index contributed by atoms with van der Waals surface area (Å²) in [5, 5.41) is 22.0. The number of amides is 1. The first-order valence-electron chi connectivity index (χ1n) is 8.71. The predicted octanol–water partition coefficient (Wildman–Crippen LogP) is 3.03. The molecule has 0 aliphatic rings. The molecular formula is C21H18N2O7. The molecule has 1 aromatic heterocycles. The number of nitrogens with one attached hydrogen (secondary N) is 1. The Morgan fingerprint density at radius 1 is 1.10 bits per heavy atom. The third-order valence-electron chi connectivity index (χ3n) is 3.94. The molecule has 2 aromatic carbocycles. The first kappa shape index (κ1) is 20.5. The number of carbonyl (C=O) groups excluding carboxylic acids is 1. The van der Waals surface area contributed by atoms with Gasteiger partial charge in [-0.1, -0.05) is 0 Å². The molecule has 0 unspecified atom stereocenters. The molecule has 9 nitrogen and oxygen atoms in total. The summed E-state index contributed by atoms with van der Waals surface area (Å²) in [7, 11) is 1.48. The highest BCUT2D eigenvalue weighted by atomic mass is 16.5. The zero-order valence-electron chi connectivity index (χ0n) is 15.9. The number of hydrazone groups is 1. The van der Waals surface area contributed by atoms with E-state index in [1.54, 1.807) is 18.2 Å². The van der Waals surface area contributed by atoms with Gasteiger partial charge in [-0.2, -0.15) is 5.10 Å². The van der Waals surface area contributed by atoms with Crippen molar-refractivity contribution in [2.24, 2.45) is 5.10 Å². The second kappa shape index (κ2) is 9.28. The van der Waals surface area contributed by atoms with Crippen molar-refractivity contribution in [3.63, 3.8) is 0 Å². The number of phenols is 1. The number of hydrogen-bond acceptors (Lipinski definition) is 7. The lowest BCUT2D eigenvalue weighted by Crippen LogP contribution is -2.17. The highest BCUT2D eigenvalue weighted by Gasteiger charge is 2.11. The Morgan fingerprint density at radius 2 is 1.87 bits per heavy atom. The fourth-order valence-electron chi connectivity index (χ4n) is 2.45. The molecule has 0 spiro atoms. The summed E-state index contributed by atoms with van der Waals surface area (Å²) in [5.41, 5.74) is 3.40. The van der Waals surface area contributed by atoms with Crippen molar-refractivity contribution < 1.29 is 33.7 Å². The Bertz CT molecular complexity index is 1070. The number of methoxy groups -OCH3 is 1. The number of phenolic OH excluding ortho intramolecular Hbond substituents is 1. The van der Waals surface area contributed by atoms with E-state index in [0.717, 1.165) is 0 Å². The van der Waals surface area contributed by atoms with Gasteiger partial charge in [-0.05, 0) is 60.2 Å². The summed E-state index contributed by atoms with van der Waals surface area (Å²) < 4.78 is 16.1. The van der Waals surface area contributed by atoms with Gasteiger partial charge in [0.2, 0.25) is 5.76 Å². The van der Waals surface area contributed by atoms with E-state index >= 15 is 0 Å². The van der Waals surface area contributed by atoms with Crippen LogP contribution in [0.3, 0.4) is 0 Å². The number of rotatable bonds is 8. The highest BCUT2D eigenvalue weighted by molar-refractivity contribution is 5.95. The zero-order valence-corrected chi connectivity index (χ0v) is 15.9. The summed E-state index contributed by atoms with van der Waals surface area (Å²) >= 11 is 0. The molecule has 0 radical (unpaired) electrons. The minimum absolute atomic E-state index is 0.0275. The second-order valence-corrected chi connectivity index (χ2v) is 6.02. The maximum Gasteiger partial charge on any atom is 0.371 e. The third-order valence-corrected chi connectivity index (χ3v) is 3.94. The van der Waals surface area contributed by atoms with Gasteiger partial charge in [0.1, 0.15) is 18.1 Å². The van der Waals surface area contributed by atoms with E-state index in [2.05, 4.69) is 10.5 Å². The maximum absolute atomic E-state index is 12.0. The third kappa shape index (κ3) is 5.16. The van der Waals surface area contributed by atoms with E-state index in [4.69, 9.17) is 19.0 Å². The maximum atomic E-state index is 12.0. The number of ether oxygens (including phenoxy) is 2. The van der Waals surface area contributed by atoms with Gasteiger partial charge >= 0.3 is 5.97 Å². The van der Waals surface area contributed by atoms with Crippen LogP contribution in [0.2, 0.25) is 0 Å². The van der Waals surface area contributed by atoms with Crippen molar-refractivity contribution in [3.05, 3.63) is 77.2 Å². The molecule has 3 aromatic rings. The number of nitrogens with zero attached hydrogens (tertiary/aromatic N) is 1. The molecular weight excluding hydrogens is 392 g/mol. The van der Waals surface area contributed by atoms with Crippen LogP contribution in [0.1, 0.15) is 32.2 Å². The topological polar surface area (TPSA) is 131 Å². The van der Waals surface area contributed by atoms with Crippen LogP contribution in [0.25, 0.3) is 0 Å². The first-order chi connectivity index (χ1) is 14.5. The first-order valence-corrected chi connectivity index (χ1v) is 8.71. The number of carbonyl (C=O) groups is 2. The molecule has 3 N–H and O–H groups in total. The lowest BCUT2D eigenvalue weighted by molar-refractivity contribution is 0.0657. The molecule has 0 fully saturated rings. The summed E-state index contributed by atoms with van der Waals surface area (Å²) in [4.78, 5) is 22.8. The minimum atomic E-state index is -1.15. The van der Waals surface area contributed by atoms with Gasteiger partial charge < -0.3 is 24.1 Å². The number of benzene rings is 2. The van der Waals surface area contributed by atoms with Crippen LogP contribution >= 0.6 is 0 Å². The summed E-state index contributed by atoms with van der Waals surface area (Å²) in [6.45, 7) is 0.0275. The lowest BCUT2D eigenvalue weighted by atomic mass is 10.2. The van der Waals surface area contributed by atoms with E-state index in [-0.39, 0.29) is 18.1 Å². The molecule has 0 bridgehead atoms. The minimum Gasteiger partial charge on any atom is -0.508 e. The van der Waals surface area contributed by atoms with Crippen molar-refractivity contribution >= 4 is 18.1 Å². The number of furan rings is 1. The van der Waals surface area contributed by atoms with E-state index in [1.807, 2.05) is 0 Å². The van der Waals surface area contributed by atoms with Crippen LogP contribution in [0.4, 0.5) is 0 Å². The molecule has 3 rings (SSSR count). The molecule has 1 heterocycles. The van der Waals surface area contributed by atoms with E-state index in [9.17, 15) is 14.7 Å². The summed E-state index contributed by atoms with van der Waals surface area (Å²) in [5.74, 6) is -0.459. The fourth-order valence-corrected chi connectivity index (χ4v) is 2.45. The Kier molecular flexibility index (Phi) is 6.33. The zero-order chi connectivity index (χ0) is 21.5. The van der Waals surface area contributed by atoms with Crippen LogP contribution in [0, 0.1) is 0 Å². The predicted molar refractivity (Wildman–Crippen MR) is 106 cm³/mol. The number of carboxylic acid groups (broad SMARTS) is 1. The number of hydrogen-bond donors (Lipinski definition) is 3. The Labute approximate surface area is 171 Å². The van der Waals surface area contributed by atoms with Crippen molar-refractivity contribution in [3.8, 4) is 17.2 Å². The van der Waals surface area contributed by atoms with Gasteiger partial charge in [0.05, 0.1) is 13.3 Å². The van der Waals surface area contributed by atoms with Crippen molar-refractivity contribution in [2.45, 2.75) is 6.61 Å². The molecule has 1 amide bonds. The van der Waals surface area contributed by atoms with Gasteiger partial charge in [-0.3, -0.25) is 4.79 Å². The van der Waals surface area contributed by atoms with Crippen molar-refractivity contribution in [1.82, 2.24) is 5.43 Å². The molecule has 9 heteroatoms. The Hall–Kier alpha value is -4.27. The molecule has 154 valence electrons. The van der Waals surface area contributed by atoms with Crippen molar-refractivity contribution in [1.29, 1.82) is 0 Å². The van der Waals surface area contributed by atoms with E-state index in [1.165, 1.54) is 49.7 Å². The highest BCUT2D eigenvalue weighted by Crippen LogP contribution is 2.28. The largest absolute Gasteiger partial charge is 0.508 e. The monoisotopic (exact) mass is 410 g/mol. The van der Waals surface area contributed by atoms with Crippen LogP contribution < -0.4 is 14.9 Å². The van der Waals surface area contributed by atoms with Gasteiger partial charge in [0.15, 0.2) is 11.5 Å². The Morgan fingerprint density at radius 3 is 2.53 bits per heavy atom. The molecule has 0 aliphatic carbocycles. The molecule has 30 heavy (non-hydrogen) atoms. The average molecular weight is 410 g/mol.